The minimum atomic E-state index is 0. The topological polar surface area (TPSA) is 65.3 Å². The third-order valence-electron chi connectivity index (χ3n) is 4.34. The van der Waals surface area contributed by atoms with Crippen molar-refractivity contribution in [3.05, 3.63) is 24.2 Å². The van der Waals surface area contributed by atoms with Crippen molar-refractivity contribution in [2.75, 3.05) is 66.5 Å². The summed E-state index contributed by atoms with van der Waals surface area (Å²) < 4.78 is 10.8. The molecule has 2 heterocycles. The lowest BCUT2D eigenvalue weighted by molar-refractivity contribution is 0.105. The molecule has 1 aliphatic heterocycles. The molecular weight excluding hydrogens is 445 g/mol. The van der Waals surface area contributed by atoms with Crippen LogP contribution in [-0.2, 0) is 11.3 Å². The number of aliphatic imine (C=N–C) groups is 1. The number of nitrogens with one attached hydrogen (secondary N) is 2. The van der Waals surface area contributed by atoms with Gasteiger partial charge in [-0.1, -0.05) is 0 Å². The average molecular weight is 479 g/mol. The van der Waals surface area contributed by atoms with Crippen LogP contribution in [0.2, 0.25) is 0 Å². The van der Waals surface area contributed by atoms with Crippen LogP contribution in [0.15, 0.2) is 27.8 Å². The highest BCUT2D eigenvalue weighted by atomic mass is 127. The highest BCUT2D eigenvalue weighted by Crippen LogP contribution is 2.02. The van der Waals surface area contributed by atoms with Gasteiger partial charge in [0, 0.05) is 46.4 Å². The molecule has 0 aliphatic carbocycles. The summed E-state index contributed by atoms with van der Waals surface area (Å²) in [6.07, 6.45) is 3.85. The molecule has 2 rings (SSSR count). The molecule has 0 atom stereocenters. The molecule has 0 spiro atoms. The molecule has 2 N–H and O–H groups in total. The van der Waals surface area contributed by atoms with Crippen molar-refractivity contribution in [2.24, 2.45) is 4.99 Å². The van der Waals surface area contributed by atoms with Crippen molar-refractivity contribution in [1.29, 1.82) is 0 Å². The molecular formula is C18H34IN5O2. The van der Waals surface area contributed by atoms with E-state index in [1.165, 1.54) is 19.5 Å². The van der Waals surface area contributed by atoms with Crippen molar-refractivity contribution in [2.45, 2.75) is 19.4 Å². The van der Waals surface area contributed by atoms with Gasteiger partial charge in [-0.2, -0.15) is 0 Å². The molecule has 0 unspecified atom stereocenters. The summed E-state index contributed by atoms with van der Waals surface area (Å²) in [5.41, 5.74) is 0. The SMILES string of the molecule is CN=C(NCCCOCc1ccco1)NCCN1CCCN(C)CC1.I. The maximum atomic E-state index is 5.57. The summed E-state index contributed by atoms with van der Waals surface area (Å²) in [7, 11) is 4.01. The molecule has 1 aromatic heterocycles. The van der Waals surface area contributed by atoms with Crippen molar-refractivity contribution in [1.82, 2.24) is 20.4 Å². The second-order valence-electron chi connectivity index (χ2n) is 6.41. The predicted octanol–water partition coefficient (Wildman–Crippen LogP) is 1.61. The van der Waals surface area contributed by atoms with E-state index in [9.17, 15) is 0 Å². The predicted molar refractivity (Wildman–Crippen MR) is 116 cm³/mol. The number of furan rings is 1. The fourth-order valence-corrected chi connectivity index (χ4v) is 2.83. The molecule has 7 nitrogen and oxygen atoms in total. The first kappa shape index (κ1) is 23.2. The Kier molecular flexibility index (Phi) is 12.7. The molecule has 8 heteroatoms. The van der Waals surface area contributed by atoms with Crippen LogP contribution in [-0.4, -0.2) is 82.3 Å². The van der Waals surface area contributed by atoms with E-state index in [0.717, 1.165) is 50.9 Å². The largest absolute Gasteiger partial charge is 0.467 e. The Morgan fingerprint density at radius 3 is 2.85 bits per heavy atom. The molecule has 0 amide bonds. The Hall–Kier alpha value is -0.840. The molecule has 1 aliphatic rings. The van der Waals surface area contributed by atoms with E-state index in [1.54, 1.807) is 6.26 Å². The minimum absolute atomic E-state index is 0. The molecule has 0 aromatic carbocycles. The van der Waals surface area contributed by atoms with Gasteiger partial charge in [-0.05, 0) is 45.1 Å². The first-order valence-electron chi connectivity index (χ1n) is 9.23. The highest BCUT2D eigenvalue weighted by molar-refractivity contribution is 14.0. The van der Waals surface area contributed by atoms with Crippen molar-refractivity contribution in [3.8, 4) is 0 Å². The Balaban J connectivity index is 0.00000338. The molecule has 1 fully saturated rings. The van der Waals surface area contributed by atoms with Gasteiger partial charge in [-0.15, -0.1) is 24.0 Å². The van der Waals surface area contributed by atoms with E-state index in [-0.39, 0.29) is 24.0 Å². The Morgan fingerprint density at radius 1 is 1.23 bits per heavy atom. The number of hydrogen-bond acceptors (Lipinski definition) is 5. The minimum Gasteiger partial charge on any atom is -0.467 e. The number of likely N-dealkylation sites (N-methyl/N-ethyl adjacent to an activating group) is 1. The lowest BCUT2D eigenvalue weighted by atomic mass is 10.4. The van der Waals surface area contributed by atoms with E-state index >= 15 is 0 Å². The number of ether oxygens (including phenoxy) is 1. The van der Waals surface area contributed by atoms with Gasteiger partial charge in [-0.25, -0.2) is 0 Å². The van der Waals surface area contributed by atoms with E-state index in [2.05, 4.69) is 32.5 Å². The first-order chi connectivity index (χ1) is 12.3. The Bertz CT molecular complexity index is 484. The molecule has 0 bridgehead atoms. The standard InChI is InChI=1S/C18H33N5O2.HI/c1-19-18(20-7-4-14-24-16-17-6-3-15-25-17)21-8-11-23-10-5-9-22(2)12-13-23;/h3,6,15H,4-5,7-14,16H2,1-2H3,(H2,19,20,21);1H. The van der Waals surface area contributed by atoms with E-state index < -0.39 is 0 Å². The number of guanidine groups is 1. The van der Waals surface area contributed by atoms with Crippen molar-refractivity contribution in [3.63, 3.8) is 0 Å². The molecule has 0 radical (unpaired) electrons. The van der Waals surface area contributed by atoms with Gasteiger partial charge in [0.05, 0.1) is 6.26 Å². The Labute approximate surface area is 174 Å². The Morgan fingerprint density at radius 2 is 2.08 bits per heavy atom. The van der Waals surface area contributed by atoms with Gasteiger partial charge < -0.3 is 29.6 Å². The van der Waals surface area contributed by atoms with Crippen LogP contribution in [0.25, 0.3) is 0 Å². The maximum Gasteiger partial charge on any atom is 0.191 e. The maximum absolute atomic E-state index is 5.57. The first-order valence-corrected chi connectivity index (χ1v) is 9.23. The second-order valence-corrected chi connectivity index (χ2v) is 6.41. The van der Waals surface area contributed by atoms with E-state index in [4.69, 9.17) is 9.15 Å². The van der Waals surface area contributed by atoms with E-state index in [1.807, 2.05) is 19.2 Å². The average Bonchev–Trinajstić information content (AvgIpc) is 3.05. The molecule has 1 aromatic rings. The van der Waals surface area contributed by atoms with Crippen molar-refractivity contribution >= 4 is 29.9 Å². The molecule has 150 valence electrons. The normalized spacial score (nSPS) is 16.8. The summed E-state index contributed by atoms with van der Waals surface area (Å²) in [5, 5.41) is 6.72. The number of rotatable bonds is 9. The van der Waals surface area contributed by atoms with Gasteiger partial charge in [0.2, 0.25) is 0 Å². The van der Waals surface area contributed by atoms with Crippen LogP contribution in [0.5, 0.6) is 0 Å². The fourth-order valence-electron chi connectivity index (χ4n) is 2.83. The van der Waals surface area contributed by atoms with Gasteiger partial charge in [0.1, 0.15) is 12.4 Å². The molecule has 1 saturated heterocycles. The van der Waals surface area contributed by atoms with Crippen LogP contribution in [0.3, 0.4) is 0 Å². The lowest BCUT2D eigenvalue weighted by Gasteiger charge is -2.21. The van der Waals surface area contributed by atoms with Crippen LogP contribution in [0.1, 0.15) is 18.6 Å². The number of hydrogen-bond donors (Lipinski definition) is 2. The molecule has 0 saturated carbocycles. The highest BCUT2D eigenvalue weighted by Gasteiger charge is 2.11. The third kappa shape index (κ3) is 9.75. The number of halogens is 1. The zero-order valence-corrected chi connectivity index (χ0v) is 18.4. The van der Waals surface area contributed by atoms with Crippen LogP contribution < -0.4 is 10.6 Å². The summed E-state index contributed by atoms with van der Waals surface area (Å²) in [6, 6.07) is 3.80. The quantitative estimate of drug-likeness (QED) is 0.243. The van der Waals surface area contributed by atoms with Gasteiger partial charge in [-0.3, -0.25) is 4.99 Å². The summed E-state index contributed by atoms with van der Waals surface area (Å²) >= 11 is 0. The van der Waals surface area contributed by atoms with Crippen LogP contribution in [0.4, 0.5) is 0 Å². The summed E-state index contributed by atoms with van der Waals surface area (Å²) in [4.78, 5) is 9.20. The summed E-state index contributed by atoms with van der Waals surface area (Å²) in [5.74, 6) is 1.73. The van der Waals surface area contributed by atoms with Crippen LogP contribution >= 0.6 is 24.0 Å². The van der Waals surface area contributed by atoms with Crippen LogP contribution in [0, 0.1) is 0 Å². The summed E-state index contributed by atoms with van der Waals surface area (Å²) in [6.45, 7) is 8.74. The van der Waals surface area contributed by atoms with Crippen molar-refractivity contribution < 1.29 is 9.15 Å². The van der Waals surface area contributed by atoms with Gasteiger partial charge in [0.25, 0.3) is 0 Å². The smallest absolute Gasteiger partial charge is 0.191 e. The van der Waals surface area contributed by atoms with E-state index in [0.29, 0.717) is 13.2 Å². The van der Waals surface area contributed by atoms with Gasteiger partial charge in [0.15, 0.2) is 5.96 Å². The lowest BCUT2D eigenvalue weighted by Crippen LogP contribution is -2.42. The third-order valence-corrected chi connectivity index (χ3v) is 4.34. The fraction of sp³-hybridized carbons (Fsp3) is 0.722. The van der Waals surface area contributed by atoms with Gasteiger partial charge >= 0.3 is 0 Å². The zero-order chi connectivity index (χ0) is 17.7. The number of nitrogens with zero attached hydrogens (tertiary/aromatic N) is 3. The second kappa shape index (κ2) is 14.2. The zero-order valence-electron chi connectivity index (χ0n) is 16.1. The monoisotopic (exact) mass is 479 g/mol. The molecule has 26 heavy (non-hydrogen) atoms.